The van der Waals surface area contributed by atoms with Crippen LogP contribution in [0.25, 0.3) is 0 Å². The van der Waals surface area contributed by atoms with E-state index in [9.17, 15) is 5.11 Å². The molecule has 1 aromatic heterocycles. The van der Waals surface area contributed by atoms with Crippen molar-refractivity contribution in [3.05, 3.63) is 65.5 Å². The van der Waals surface area contributed by atoms with Crippen LogP contribution in [0.4, 0.5) is 0 Å². The Bertz CT molecular complexity index is 513. The number of pyridine rings is 1. The van der Waals surface area contributed by atoms with Gasteiger partial charge in [-0.2, -0.15) is 0 Å². The number of aliphatic hydroxyl groups is 1. The minimum atomic E-state index is -0.456. The molecule has 3 nitrogen and oxygen atoms in total. The lowest BCUT2D eigenvalue weighted by Crippen LogP contribution is -2.24. The van der Waals surface area contributed by atoms with Gasteiger partial charge in [0.25, 0.3) is 0 Å². The fraction of sp³-hybridized carbons (Fsp3) is 0.312. The predicted molar refractivity (Wildman–Crippen MR) is 76.7 cm³/mol. The largest absolute Gasteiger partial charge is 0.387 e. The Morgan fingerprint density at radius 2 is 2.00 bits per heavy atom. The van der Waals surface area contributed by atoms with Gasteiger partial charge in [-0.1, -0.05) is 30.3 Å². The Hall–Kier alpha value is -1.71. The van der Waals surface area contributed by atoms with Crippen LogP contribution in [0.2, 0.25) is 0 Å². The Kier molecular flexibility index (Phi) is 4.66. The van der Waals surface area contributed by atoms with Crippen molar-refractivity contribution in [2.24, 2.45) is 0 Å². The first kappa shape index (κ1) is 13.7. The van der Waals surface area contributed by atoms with Gasteiger partial charge < -0.3 is 5.11 Å². The Balaban J connectivity index is 1.96. The molecule has 0 amide bonds. The number of rotatable bonds is 5. The molecule has 1 heterocycles. The van der Waals surface area contributed by atoms with Crippen molar-refractivity contribution in [2.45, 2.75) is 19.6 Å². The van der Waals surface area contributed by atoms with Crippen LogP contribution in [0, 0.1) is 6.92 Å². The molecule has 1 N–H and O–H groups in total. The van der Waals surface area contributed by atoms with Gasteiger partial charge in [0.1, 0.15) is 0 Å². The van der Waals surface area contributed by atoms with Crippen LogP contribution >= 0.6 is 0 Å². The summed E-state index contributed by atoms with van der Waals surface area (Å²) in [6.07, 6.45) is 3.17. The van der Waals surface area contributed by atoms with Gasteiger partial charge in [0.15, 0.2) is 0 Å². The van der Waals surface area contributed by atoms with Crippen molar-refractivity contribution in [2.75, 3.05) is 13.6 Å². The highest BCUT2D eigenvalue weighted by Gasteiger charge is 2.12. The highest BCUT2D eigenvalue weighted by molar-refractivity contribution is 5.27. The highest BCUT2D eigenvalue weighted by Crippen LogP contribution is 2.18. The van der Waals surface area contributed by atoms with Crippen molar-refractivity contribution < 1.29 is 5.11 Å². The van der Waals surface area contributed by atoms with Gasteiger partial charge in [-0.3, -0.25) is 9.88 Å². The first-order chi connectivity index (χ1) is 9.16. The monoisotopic (exact) mass is 256 g/mol. The molecule has 0 fully saturated rings. The molecule has 0 aliphatic rings. The number of hydrogen-bond donors (Lipinski definition) is 1. The summed E-state index contributed by atoms with van der Waals surface area (Å²) in [6, 6.07) is 11.9. The van der Waals surface area contributed by atoms with Crippen LogP contribution in [0.3, 0.4) is 0 Å². The van der Waals surface area contributed by atoms with E-state index in [2.05, 4.69) is 9.88 Å². The molecule has 0 bridgehead atoms. The van der Waals surface area contributed by atoms with Crippen molar-refractivity contribution in [3.8, 4) is 0 Å². The topological polar surface area (TPSA) is 36.4 Å². The van der Waals surface area contributed by atoms with Crippen molar-refractivity contribution >= 4 is 0 Å². The maximum Gasteiger partial charge on any atom is 0.0919 e. The molecule has 0 aliphatic carbocycles. The lowest BCUT2D eigenvalue weighted by molar-refractivity contribution is 0.123. The third kappa shape index (κ3) is 3.88. The molecular formula is C16H20N2O. The molecular weight excluding hydrogens is 236 g/mol. The number of aliphatic hydroxyl groups excluding tert-OH is 1. The molecule has 0 aliphatic heterocycles. The zero-order chi connectivity index (χ0) is 13.7. The molecule has 0 saturated carbocycles. The van der Waals surface area contributed by atoms with E-state index >= 15 is 0 Å². The van der Waals surface area contributed by atoms with Gasteiger partial charge in [0.2, 0.25) is 0 Å². The molecule has 19 heavy (non-hydrogen) atoms. The SMILES string of the molecule is Cc1ccccc1C(O)CN(C)Cc1cccnc1. The fourth-order valence-electron chi connectivity index (χ4n) is 2.22. The summed E-state index contributed by atoms with van der Waals surface area (Å²) < 4.78 is 0. The smallest absolute Gasteiger partial charge is 0.0919 e. The Morgan fingerprint density at radius 3 is 2.68 bits per heavy atom. The van der Waals surface area contributed by atoms with Gasteiger partial charge in [0.05, 0.1) is 6.10 Å². The summed E-state index contributed by atoms with van der Waals surface area (Å²) in [5.74, 6) is 0. The fourth-order valence-corrected chi connectivity index (χ4v) is 2.22. The van der Waals surface area contributed by atoms with Gasteiger partial charge in [-0.05, 0) is 36.7 Å². The zero-order valence-corrected chi connectivity index (χ0v) is 11.5. The van der Waals surface area contributed by atoms with Crippen molar-refractivity contribution in [1.82, 2.24) is 9.88 Å². The number of aryl methyl sites for hydroxylation is 1. The highest BCUT2D eigenvalue weighted by atomic mass is 16.3. The van der Waals surface area contributed by atoms with Crippen LogP contribution in [0.5, 0.6) is 0 Å². The normalized spacial score (nSPS) is 12.6. The molecule has 0 radical (unpaired) electrons. The van der Waals surface area contributed by atoms with E-state index < -0.39 is 6.10 Å². The first-order valence-electron chi connectivity index (χ1n) is 6.48. The van der Waals surface area contributed by atoms with Crippen LogP contribution in [0.15, 0.2) is 48.8 Å². The summed E-state index contributed by atoms with van der Waals surface area (Å²) in [4.78, 5) is 6.21. The molecule has 100 valence electrons. The van der Waals surface area contributed by atoms with E-state index in [1.807, 2.05) is 56.6 Å². The van der Waals surface area contributed by atoms with Gasteiger partial charge in [-0.25, -0.2) is 0 Å². The van der Waals surface area contributed by atoms with Crippen molar-refractivity contribution in [1.29, 1.82) is 0 Å². The third-order valence-corrected chi connectivity index (χ3v) is 3.21. The second-order valence-corrected chi connectivity index (χ2v) is 4.93. The summed E-state index contributed by atoms with van der Waals surface area (Å²) in [5.41, 5.74) is 3.28. The molecule has 0 saturated heterocycles. The van der Waals surface area contributed by atoms with Crippen LogP contribution in [0.1, 0.15) is 22.8 Å². The number of likely N-dealkylation sites (N-methyl/N-ethyl adjacent to an activating group) is 1. The Morgan fingerprint density at radius 1 is 1.21 bits per heavy atom. The standard InChI is InChI=1S/C16H20N2O/c1-13-6-3-4-8-15(13)16(19)12-18(2)11-14-7-5-9-17-10-14/h3-10,16,19H,11-12H2,1-2H3. The van der Waals surface area contributed by atoms with Gasteiger partial charge in [-0.15, -0.1) is 0 Å². The number of hydrogen-bond acceptors (Lipinski definition) is 3. The molecule has 0 spiro atoms. The van der Waals surface area contributed by atoms with Gasteiger partial charge >= 0.3 is 0 Å². The minimum absolute atomic E-state index is 0.456. The molecule has 1 aromatic carbocycles. The average Bonchev–Trinajstić information content (AvgIpc) is 2.40. The minimum Gasteiger partial charge on any atom is -0.387 e. The molecule has 1 unspecified atom stereocenters. The third-order valence-electron chi connectivity index (χ3n) is 3.21. The van der Waals surface area contributed by atoms with E-state index in [0.29, 0.717) is 6.54 Å². The van der Waals surface area contributed by atoms with Crippen molar-refractivity contribution in [3.63, 3.8) is 0 Å². The molecule has 2 aromatic rings. The van der Waals surface area contributed by atoms with Crippen LogP contribution < -0.4 is 0 Å². The molecule has 3 heteroatoms. The van der Waals surface area contributed by atoms with Gasteiger partial charge in [0, 0.05) is 25.5 Å². The second kappa shape index (κ2) is 6.45. The second-order valence-electron chi connectivity index (χ2n) is 4.93. The van der Waals surface area contributed by atoms with E-state index in [1.54, 1.807) is 6.20 Å². The first-order valence-corrected chi connectivity index (χ1v) is 6.48. The maximum absolute atomic E-state index is 10.3. The summed E-state index contributed by atoms with van der Waals surface area (Å²) in [7, 11) is 2.01. The zero-order valence-electron chi connectivity index (χ0n) is 11.5. The van der Waals surface area contributed by atoms with E-state index in [4.69, 9.17) is 0 Å². The van der Waals surface area contributed by atoms with E-state index in [1.165, 1.54) is 0 Å². The number of benzene rings is 1. The maximum atomic E-state index is 10.3. The van der Waals surface area contributed by atoms with Crippen LogP contribution in [-0.4, -0.2) is 28.6 Å². The average molecular weight is 256 g/mol. The Labute approximate surface area is 114 Å². The summed E-state index contributed by atoms with van der Waals surface area (Å²) in [6.45, 7) is 3.43. The van der Waals surface area contributed by atoms with E-state index in [-0.39, 0.29) is 0 Å². The molecule has 1 atom stereocenters. The quantitative estimate of drug-likeness (QED) is 0.893. The summed E-state index contributed by atoms with van der Waals surface area (Å²) >= 11 is 0. The number of aromatic nitrogens is 1. The van der Waals surface area contributed by atoms with E-state index in [0.717, 1.165) is 23.2 Å². The predicted octanol–water partition coefficient (Wildman–Crippen LogP) is 2.56. The summed E-state index contributed by atoms with van der Waals surface area (Å²) in [5, 5.41) is 10.3. The lowest BCUT2D eigenvalue weighted by atomic mass is 10.0. The number of nitrogens with zero attached hydrogens (tertiary/aromatic N) is 2. The molecule has 2 rings (SSSR count). The lowest BCUT2D eigenvalue weighted by Gasteiger charge is -2.21. The van der Waals surface area contributed by atoms with Crippen LogP contribution in [-0.2, 0) is 6.54 Å².